The summed E-state index contributed by atoms with van der Waals surface area (Å²) in [4.78, 5) is 21.7. The van der Waals surface area contributed by atoms with Crippen LogP contribution in [0.25, 0.3) is 0 Å². The van der Waals surface area contributed by atoms with Crippen LogP contribution in [0.4, 0.5) is 17.2 Å². The van der Waals surface area contributed by atoms with E-state index >= 15 is 0 Å². The Bertz CT molecular complexity index is 656. The van der Waals surface area contributed by atoms with Gasteiger partial charge in [0.05, 0.1) is 15.6 Å². The first kappa shape index (κ1) is 12.8. The number of anilines is 2. The van der Waals surface area contributed by atoms with E-state index in [-0.39, 0.29) is 27.9 Å². The van der Waals surface area contributed by atoms with Crippen molar-refractivity contribution in [2.45, 2.75) is 0 Å². The molecule has 98 valence electrons. The number of halogens is 1. The van der Waals surface area contributed by atoms with Crippen LogP contribution >= 0.6 is 11.6 Å². The highest BCUT2D eigenvalue weighted by atomic mass is 35.5. The monoisotopic (exact) mass is 283 g/mol. The Morgan fingerprint density at radius 3 is 2.74 bits per heavy atom. The molecule has 0 bridgehead atoms. The molecule has 0 unspecified atom stereocenters. The number of nitrogens with two attached hydrogens (primary N) is 1. The molecule has 1 aromatic heterocycles. The zero-order valence-electron chi connectivity index (χ0n) is 9.16. The Balaban J connectivity index is 2.23. The normalized spacial score (nSPS) is 10.2. The van der Waals surface area contributed by atoms with Crippen molar-refractivity contribution in [3.63, 3.8) is 0 Å². The molecule has 0 radical (unpaired) electrons. The number of benzene rings is 1. The quantitative estimate of drug-likeness (QED) is 0.642. The van der Waals surface area contributed by atoms with Gasteiger partial charge in [-0.25, -0.2) is 4.63 Å². The van der Waals surface area contributed by atoms with Crippen LogP contribution in [0.3, 0.4) is 0 Å². The molecule has 0 spiro atoms. The molecule has 0 saturated heterocycles. The van der Waals surface area contributed by atoms with E-state index in [4.69, 9.17) is 17.3 Å². The van der Waals surface area contributed by atoms with Crippen LogP contribution in [0.1, 0.15) is 10.5 Å². The minimum absolute atomic E-state index is 0.0116. The minimum Gasteiger partial charge on any atom is -0.379 e. The highest BCUT2D eigenvalue weighted by Gasteiger charge is 2.18. The lowest BCUT2D eigenvalue weighted by molar-refractivity contribution is -0.384. The van der Waals surface area contributed by atoms with Crippen molar-refractivity contribution < 1.29 is 14.3 Å². The number of hydrogen-bond acceptors (Lipinski definition) is 7. The van der Waals surface area contributed by atoms with Gasteiger partial charge in [-0.05, 0) is 16.4 Å². The lowest BCUT2D eigenvalue weighted by Gasteiger charge is -2.04. The van der Waals surface area contributed by atoms with E-state index in [1.807, 2.05) is 0 Å². The third-order valence-electron chi connectivity index (χ3n) is 2.14. The molecule has 1 aromatic carbocycles. The van der Waals surface area contributed by atoms with E-state index in [0.29, 0.717) is 0 Å². The van der Waals surface area contributed by atoms with Gasteiger partial charge in [0.1, 0.15) is 0 Å². The summed E-state index contributed by atoms with van der Waals surface area (Å²) < 4.78 is 4.28. The van der Waals surface area contributed by atoms with Crippen molar-refractivity contribution in [1.82, 2.24) is 10.3 Å². The number of nitrogen functional groups attached to an aromatic ring is 1. The first-order valence-corrected chi connectivity index (χ1v) is 5.20. The maximum atomic E-state index is 11.7. The van der Waals surface area contributed by atoms with Gasteiger partial charge in [0.15, 0.2) is 0 Å². The van der Waals surface area contributed by atoms with E-state index in [2.05, 4.69) is 20.3 Å². The lowest BCUT2D eigenvalue weighted by Crippen LogP contribution is -2.14. The molecule has 0 aliphatic carbocycles. The van der Waals surface area contributed by atoms with E-state index in [0.717, 1.165) is 6.07 Å². The number of aromatic nitrogens is 2. The molecular weight excluding hydrogens is 278 g/mol. The maximum absolute atomic E-state index is 11.7. The molecule has 0 saturated carbocycles. The summed E-state index contributed by atoms with van der Waals surface area (Å²) in [6.45, 7) is 0. The van der Waals surface area contributed by atoms with Crippen LogP contribution in [-0.2, 0) is 0 Å². The van der Waals surface area contributed by atoms with Gasteiger partial charge in [-0.1, -0.05) is 11.6 Å². The highest BCUT2D eigenvalue weighted by Crippen LogP contribution is 2.27. The van der Waals surface area contributed by atoms with Gasteiger partial charge in [0, 0.05) is 12.1 Å². The van der Waals surface area contributed by atoms with Gasteiger partial charge < -0.3 is 11.1 Å². The van der Waals surface area contributed by atoms with Crippen LogP contribution in [0.5, 0.6) is 0 Å². The summed E-state index contributed by atoms with van der Waals surface area (Å²) in [5.74, 6) is -0.856. The fourth-order valence-corrected chi connectivity index (χ4v) is 1.48. The van der Waals surface area contributed by atoms with Crippen molar-refractivity contribution in [3.8, 4) is 0 Å². The topological polar surface area (TPSA) is 137 Å². The van der Waals surface area contributed by atoms with Crippen molar-refractivity contribution in [2.75, 3.05) is 11.1 Å². The molecule has 9 nitrogen and oxygen atoms in total. The van der Waals surface area contributed by atoms with E-state index in [1.54, 1.807) is 0 Å². The molecule has 10 heteroatoms. The average molecular weight is 284 g/mol. The summed E-state index contributed by atoms with van der Waals surface area (Å²) in [5.41, 5.74) is 5.14. The third kappa shape index (κ3) is 2.60. The Morgan fingerprint density at radius 1 is 1.47 bits per heavy atom. The van der Waals surface area contributed by atoms with Crippen LogP contribution in [0.2, 0.25) is 5.02 Å². The average Bonchev–Trinajstić information content (AvgIpc) is 2.77. The number of amides is 1. The number of nitro groups is 1. The second-order valence-electron chi connectivity index (χ2n) is 3.37. The number of hydrogen-bond donors (Lipinski definition) is 2. The first-order valence-electron chi connectivity index (χ1n) is 4.82. The molecular formula is C9H6ClN5O4. The van der Waals surface area contributed by atoms with Gasteiger partial charge in [0.2, 0.25) is 11.5 Å². The van der Waals surface area contributed by atoms with Crippen LogP contribution in [0.15, 0.2) is 22.8 Å². The molecule has 1 heterocycles. The molecule has 0 fully saturated rings. The van der Waals surface area contributed by atoms with Gasteiger partial charge in [-0.2, -0.15) is 0 Å². The highest BCUT2D eigenvalue weighted by molar-refractivity contribution is 6.34. The number of carbonyl (C=O) groups excluding carboxylic acids is 1. The Hall–Kier alpha value is -2.68. The van der Waals surface area contributed by atoms with Crippen LogP contribution in [-0.4, -0.2) is 21.1 Å². The van der Waals surface area contributed by atoms with Crippen molar-refractivity contribution in [3.05, 3.63) is 39.0 Å². The third-order valence-corrected chi connectivity index (χ3v) is 2.45. The summed E-state index contributed by atoms with van der Waals surface area (Å²) in [5, 5.41) is 19.5. The molecule has 0 atom stereocenters. The predicted octanol–water partition coefficient (Wildman–Crippen LogP) is 1.47. The van der Waals surface area contributed by atoms with Crippen LogP contribution in [0, 0.1) is 10.1 Å². The van der Waals surface area contributed by atoms with Crippen LogP contribution < -0.4 is 11.1 Å². The molecule has 1 amide bonds. The number of nitrogens with zero attached hydrogens (tertiary/aromatic N) is 3. The smallest absolute Gasteiger partial charge is 0.281 e. The Labute approximate surface area is 110 Å². The SMILES string of the molecule is Nc1nonc1C(=O)Nc1ccc([N+](=O)[O-])cc1Cl. The zero-order chi connectivity index (χ0) is 14.0. The summed E-state index contributed by atoms with van der Waals surface area (Å²) in [7, 11) is 0. The fourth-order valence-electron chi connectivity index (χ4n) is 1.25. The zero-order valence-corrected chi connectivity index (χ0v) is 9.92. The van der Waals surface area contributed by atoms with Gasteiger partial charge in [0.25, 0.3) is 11.6 Å². The molecule has 19 heavy (non-hydrogen) atoms. The molecule has 2 aromatic rings. The first-order chi connectivity index (χ1) is 8.99. The number of rotatable bonds is 3. The van der Waals surface area contributed by atoms with E-state index in [1.165, 1.54) is 12.1 Å². The van der Waals surface area contributed by atoms with Crippen molar-refractivity contribution in [1.29, 1.82) is 0 Å². The largest absolute Gasteiger partial charge is 0.379 e. The summed E-state index contributed by atoms with van der Waals surface area (Å²) >= 11 is 5.81. The van der Waals surface area contributed by atoms with Gasteiger partial charge in [-0.15, -0.1) is 0 Å². The van der Waals surface area contributed by atoms with Crippen molar-refractivity contribution >= 4 is 34.7 Å². The Morgan fingerprint density at radius 2 is 2.21 bits per heavy atom. The second kappa shape index (κ2) is 4.90. The fraction of sp³-hybridized carbons (Fsp3) is 0. The van der Waals surface area contributed by atoms with Gasteiger partial charge in [-0.3, -0.25) is 14.9 Å². The van der Waals surface area contributed by atoms with E-state index in [9.17, 15) is 14.9 Å². The second-order valence-corrected chi connectivity index (χ2v) is 3.78. The number of carbonyl (C=O) groups is 1. The molecule has 3 N–H and O–H groups in total. The van der Waals surface area contributed by atoms with Crippen molar-refractivity contribution in [2.24, 2.45) is 0 Å². The molecule has 0 aliphatic rings. The maximum Gasteiger partial charge on any atom is 0.281 e. The number of nitrogens with one attached hydrogen (secondary N) is 1. The molecule has 0 aliphatic heterocycles. The summed E-state index contributed by atoms with van der Waals surface area (Å²) in [6, 6.07) is 3.61. The Kier molecular flexibility index (Phi) is 3.29. The molecule has 2 rings (SSSR count). The minimum atomic E-state index is -0.686. The standard InChI is InChI=1S/C9H6ClN5O4/c10-5-3-4(15(17)18)1-2-6(5)12-9(16)7-8(11)14-19-13-7/h1-3H,(H2,11,14)(H,12,16). The van der Waals surface area contributed by atoms with Gasteiger partial charge >= 0.3 is 0 Å². The lowest BCUT2D eigenvalue weighted by atomic mass is 10.2. The number of non-ortho nitro benzene ring substituents is 1. The van der Waals surface area contributed by atoms with E-state index < -0.39 is 10.8 Å². The predicted molar refractivity (Wildman–Crippen MR) is 64.8 cm³/mol. The number of nitro benzene ring substituents is 1. The summed E-state index contributed by atoms with van der Waals surface area (Å²) in [6.07, 6.45) is 0.